The number of fused-ring (bicyclic) bond motifs is 1. The van der Waals surface area contributed by atoms with Crippen molar-refractivity contribution in [2.45, 2.75) is 12.6 Å². The molecular formula is C18H21N7O2. The van der Waals surface area contributed by atoms with E-state index in [1.807, 2.05) is 29.2 Å². The molecule has 1 amide bonds. The molecule has 1 atom stereocenters. The maximum Gasteiger partial charge on any atom is 0.243 e. The zero-order valence-corrected chi connectivity index (χ0v) is 15.0. The summed E-state index contributed by atoms with van der Waals surface area (Å²) in [6.45, 7) is 2.17. The summed E-state index contributed by atoms with van der Waals surface area (Å²) in [5, 5.41) is 3.36. The molecule has 4 rings (SSSR count). The van der Waals surface area contributed by atoms with Crippen LogP contribution in [0.4, 0.5) is 5.82 Å². The van der Waals surface area contributed by atoms with Crippen molar-refractivity contribution in [3.05, 3.63) is 42.5 Å². The van der Waals surface area contributed by atoms with E-state index in [1.165, 1.54) is 6.33 Å². The fourth-order valence-electron chi connectivity index (χ4n) is 3.47. The van der Waals surface area contributed by atoms with Gasteiger partial charge in [-0.15, -0.1) is 0 Å². The first-order valence-corrected chi connectivity index (χ1v) is 8.73. The lowest BCUT2D eigenvalue weighted by atomic mass is 10.0. The van der Waals surface area contributed by atoms with Gasteiger partial charge in [0.2, 0.25) is 5.91 Å². The van der Waals surface area contributed by atoms with Gasteiger partial charge in [-0.1, -0.05) is 18.2 Å². The van der Waals surface area contributed by atoms with Crippen LogP contribution in [-0.2, 0) is 11.3 Å². The van der Waals surface area contributed by atoms with Crippen LogP contribution in [0.1, 0.15) is 11.6 Å². The number of rotatable bonds is 4. The highest BCUT2D eigenvalue weighted by Gasteiger charge is 2.30. The largest absolute Gasteiger partial charge is 0.496 e. The number of nitrogens with zero attached hydrogens (tertiary/aromatic N) is 5. The van der Waals surface area contributed by atoms with Crippen molar-refractivity contribution >= 4 is 22.9 Å². The molecule has 1 unspecified atom stereocenters. The zero-order valence-electron chi connectivity index (χ0n) is 15.0. The smallest absolute Gasteiger partial charge is 0.243 e. The lowest BCUT2D eigenvalue weighted by Gasteiger charge is -2.37. The highest BCUT2D eigenvalue weighted by molar-refractivity contribution is 5.83. The van der Waals surface area contributed by atoms with Crippen molar-refractivity contribution in [2.75, 3.05) is 32.5 Å². The lowest BCUT2D eigenvalue weighted by Crippen LogP contribution is -2.49. The molecule has 0 aliphatic carbocycles. The number of amides is 1. The predicted molar refractivity (Wildman–Crippen MR) is 100 cm³/mol. The third-order valence-corrected chi connectivity index (χ3v) is 4.80. The van der Waals surface area contributed by atoms with Crippen molar-refractivity contribution < 1.29 is 9.53 Å². The normalized spacial score (nSPS) is 17.2. The Labute approximate surface area is 156 Å². The van der Waals surface area contributed by atoms with Gasteiger partial charge in [0, 0.05) is 25.2 Å². The minimum absolute atomic E-state index is 0.0103. The first-order chi connectivity index (χ1) is 13.2. The fraction of sp³-hybridized carbons (Fsp3) is 0.333. The number of hydrogen-bond acceptors (Lipinski definition) is 7. The van der Waals surface area contributed by atoms with Gasteiger partial charge in [-0.3, -0.25) is 4.79 Å². The summed E-state index contributed by atoms with van der Waals surface area (Å²) in [5.41, 5.74) is 7.88. The number of aromatic nitrogens is 4. The maximum absolute atomic E-state index is 13.1. The van der Waals surface area contributed by atoms with Crippen LogP contribution in [0.25, 0.3) is 11.2 Å². The third-order valence-electron chi connectivity index (χ3n) is 4.80. The Morgan fingerprint density at radius 1 is 1.33 bits per heavy atom. The van der Waals surface area contributed by atoms with Crippen LogP contribution in [0, 0.1) is 0 Å². The Morgan fingerprint density at radius 2 is 2.19 bits per heavy atom. The van der Waals surface area contributed by atoms with Crippen LogP contribution >= 0.6 is 0 Å². The molecule has 0 bridgehead atoms. The monoisotopic (exact) mass is 367 g/mol. The van der Waals surface area contributed by atoms with Gasteiger partial charge in [-0.2, -0.15) is 0 Å². The van der Waals surface area contributed by atoms with Gasteiger partial charge in [0.15, 0.2) is 11.5 Å². The van der Waals surface area contributed by atoms with Crippen molar-refractivity contribution in [1.29, 1.82) is 0 Å². The van der Waals surface area contributed by atoms with Crippen molar-refractivity contribution in [2.24, 2.45) is 0 Å². The average molecular weight is 367 g/mol. The molecule has 1 aliphatic rings. The zero-order chi connectivity index (χ0) is 18.8. The van der Waals surface area contributed by atoms with Gasteiger partial charge in [0.25, 0.3) is 0 Å². The fourth-order valence-corrected chi connectivity index (χ4v) is 3.47. The van der Waals surface area contributed by atoms with Gasteiger partial charge >= 0.3 is 0 Å². The molecule has 9 nitrogen and oxygen atoms in total. The lowest BCUT2D eigenvalue weighted by molar-refractivity contribution is -0.135. The Kier molecular flexibility index (Phi) is 4.59. The maximum atomic E-state index is 13.1. The number of anilines is 1. The minimum atomic E-state index is -0.100. The van der Waals surface area contributed by atoms with Crippen molar-refractivity contribution in [3.8, 4) is 5.75 Å². The molecule has 1 saturated heterocycles. The van der Waals surface area contributed by atoms with Crippen LogP contribution in [-0.4, -0.2) is 57.1 Å². The topological polar surface area (TPSA) is 111 Å². The molecule has 3 N–H and O–H groups in total. The SMILES string of the molecule is COc1ccccc1C1CNCCN1C(=O)Cn1cnc2c(N)ncnc21. The molecule has 0 saturated carbocycles. The van der Waals surface area contributed by atoms with E-state index in [-0.39, 0.29) is 18.5 Å². The number of nitrogen functional groups attached to an aromatic ring is 1. The van der Waals surface area contributed by atoms with E-state index in [9.17, 15) is 4.79 Å². The molecule has 3 heterocycles. The van der Waals surface area contributed by atoms with Crippen molar-refractivity contribution in [3.63, 3.8) is 0 Å². The number of ether oxygens (including phenoxy) is 1. The standard InChI is InChI=1S/C18H21N7O2/c1-27-14-5-3-2-4-12(14)13-8-20-6-7-25(13)15(26)9-24-11-23-16-17(19)21-10-22-18(16)24/h2-5,10-11,13,20H,6-9H2,1H3,(H2,19,21,22). The number of benzene rings is 1. The number of carbonyl (C=O) groups is 1. The van der Waals surface area contributed by atoms with E-state index in [4.69, 9.17) is 10.5 Å². The number of imidazole rings is 1. The molecular weight excluding hydrogens is 346 g/mol. The van der Waals surface area contributed by atoms with Gasteiger partial charge in [-0.05, 0) is 6.07 Å². The van der Waals surface area contributed by atoms with E-state index < -0.39 is 0 Å². The number of carbonyl (C=O) groups excluding carboxylic acids is 1. The first-order valence-electron chi connectivity index (χ1n) is 8.73. The van der Waals surface area contributed by atoms with E-state index in [0.717, 1.165) is 17.9 Å². The van der Waals surface area contributed by atoms with Crippen LogP contribution in [0.3, 0.4) is 0 Å². The first kappa shape index (κ1) is 17.2. The molecule has 140 valence electrons. The van der Waals surface area contributed by atoms with E-state index >= 15 is 0 Å². The summed E-state index contributed by atoms with van der Waals surface area (Å²) in [7, 11) is 1.64. The number of para-hydroxylation sites is 1. The van der Waals surface area contributed by atoms with Gasteiger partial charge in [-0.25, -0.2) is 15.0 Å². The summed E-state index contributed by atoms with van der Waals surface area (Å²) in [6.07, 6.45) is 2.96. The highest BCUT2D eigenvalue weighted by Crippen LogP contribution is 2.30. The molecule has 0 radical (unpaired) electrons. The van der Waals surface area contributed by atoms with E-state index in [1.54, 1.807) is 18.0 Å². The molecule has 9 heteroatoms. The minimum Gasteiger partial charge on any atom is -0.496 e. The number of hydrogen-bond donors (Lipinski definition) is 2. The molecule has 0 spiro atoms. The van der Waals surface area contributed by atoms with Crippen LogP contribution in [0.2, 0.25) is 0 Å². The third kappa shape index (κ3) is 3.17. The summed E-state index contributed by atoms with van der Waals surface area (Å²) < 4.78 is 7.20. The van der Waals surface area contributed by atoms with Gasteiger partial charge < -0.3 is 25.3 Å². The number of nitrogens with one attached hydrogen (secondary N) is 1. The summed E-state index contributed by atoms with van der Waals surface area (Å²) in [6, 6.07) is 7.69. The molecule has 2 aromatic heterocycles. The molecule has 1 aliphatic heterocycles. The predicted octanol–water partition coefficient (Wildman–Crippen LogP) is 0.590. The quantitative estimate of drug-likeness (QED) is 0.694. The van der Waals surface area contributed by atoms with Crippen LogP contribution < -0.4 is 15.8 Å². The Hall–Kier alpha value is -3.20. The number of piperazine rings is 1. The highest BCUT2D eigenvalue weighted by atomic mass is 16.5. The second-order valence-corrected chi connectivity index (χ2v) is 6.35. The molecule has 1 fully saturated rings. The summed E-state index contributed by atoms with van der Waals surface area (Å²) in [5.74, 6) is 1.07. The Morgan fingerprint density at radius 3 is 3.04 bits per heavy atom. The van der Waals surface area contributed by atoms with Gasteiger partial charge in [0.05, 0.1) is 19.5 Å². The second kappa shape index (κ2) is 7.20. The van der Waals surface area contributed by atoms with Crippen molar-refractivity contribution in [1.82, 2.24) is 29.7 Å². The van der Waals surface area contributed by atoms with Crippen LogP contribution in [0.5, 0.6) is 5.75 Å². The number of methoxy groups -OCH3 is 1. The molecule has 3 aromatic rings. The Bertz CT molecular complexity index is 971. The summed E-state index contributed by atoms with van der Waals surface area (Å²) >= 11 is 0. The van der Waals surface area contributed by atoms with Gasteiger partial charge in [0.1, 0.15) is 24.1 Å². The molecule has 1 aromatic carbocycles. The average Bonchev–Trinajstić information content (AvgIpc) is 3.12. The number of nitrogens with two attached hydrogens (primary N) is 1. The van der Waals surface area contributed by atoms with Crippen LogP contribution in [0.15, 0.2) is 36.9 Å². The Balaban J connectivity index is 1.62. The van der Waals surface area contributed by atoms with E-state index in [2.05, 4.69) is 20.3 Å². The van der Waals surface area contributed by atoms with E-state index in [0.29, 0.717) is 30.1 Å². The summed E-state index contributed by atoms with van der Waals surface area (Å²) in [4.78, 5) is 27.4. The molecule has 27 heavy (non-hydrogen) atoms. The second-order valence-electron chi connectivity index (χ2n) is 6.35.